The molecule has 2 unspecified atom stereocenters. The number of aromatic nitrogens is 2. The van der Waals surface area contributed by atoms with Crippen molar-refractivity contribution in [2.75, 3.05) is 10.3 Å². The van der Waals surface area contributed by atoms with Crippen LogP contribution in [0.1, 0.15) is 37.8 Å². The number of para-hydroxylation sites is 1. The van der Waals surface area contributed by atoms with Gasteiger partial charge < -0.3 is 16.4 Å². The van der Waals surface area contributed by atoms with Crippen LogP contribution in [-0.2, 0) is 16.1 Å². The summed E-state index contributed by atoms with van der Waals surface area (Å²) in [7, 11) is 0. The Morgan fingerprint density at radius 1 is 1.18 bits per heavy atom. The summed E-state index contributed by atoms with van der Waals surface area (Å²) in [6.07, 6.45) is 3.61. The average Bonchev–Trinajstić information content (AvgIpc) is 2.91. The van der Waals surface area contributed by atoms with Crippen LogP contribution in [-0.4, -0.2) is 21.4 Å². The van der Waals surface area contributed by atoms with Crippen LogP contribution in [0, 0.1) is 11.7 Å². The number of nitrogens with zero attached hydrogens (tertiary/aromatic N) is 3. The van der Waals surface area contributed by atoms with E-state index < -0.39 is 23.3 Å². The Bertz CT molecular complexity index is 1520. The van der Waals surface area contributed by atoms with Crippen molar-refractivity contribution in [3.63, 3.8) is 0 Å². The zero-order chi connectivity index (χ0) is 29.0. The van der Waals surface area contributed by atoms with Crippen molar-refractivity contribution in [1.29, 1.82) is 0 Å². The van der Waals surface area contributed by atoms with Crippen molar-refractivity contribution in [3.8, 4) is 11.3 Å². The molecule has 13 heteroatoms. The third kappa shape index (κ3) is 6.44. The zero-order valence-corrected chi connectivity index (χ0v) is 23.0. The molecule has 2 aromatic carbocycles. The molecule has 10 nitrogen and oxygen atoms in total. The van der Waals surface area contributed by atoms with Crippen molar-refractivity contribution in [1.82, 2.24) is 14.9 Å². The molecule has 3 aromatic rings. The molecule has 2 amide bonds. The van der Waals surface area contributed by atoms with Crippen LogP contribution in [0.3, 0.4) is 0 Å². The van der Waals surface area contributed by atoms with Crippen LogP contribution < -0.4 is 32.8 Å². The lowest BCUT2D eigenvalue weighted by atomic mass is 9.99. The second-order valence-electron chi connectivity index (χ2n) is 9.41. The fraction of sp³-hybridized carbons (Fsp3) is 0.259. The number of carbonyl (C=O) groups is 2. The highest BCUT2D eigenvalue weighted by Gasteiger charge is 2.26. The van der Waals surface area contributed by atoms with Crippen molar-refractivity contribution in [2.24, 2.45) is 17.5 Å². The largest absolute Gasteiger partial charge is 0.388 e. The number of anilines is 2. The predicted molar refractivity (Wildman–Crippen MR) is 153 cm³/mol. The Balaban J connectivity index is 1.71. The number of nitrogens with one attached hydrogen (secondary N) is 2. The third-order valence-corrected chi connectivity index (χ3v) is 7.02. The molecule has 6 N–H and O–H groups in total. The summed E-state index contributed by atoms with van der Waals surface area (Å²) in [5, 5.41) is 6.40. The first-order valence-corrected chi connectivity index (χ1v) is 13.2. The molecule has 1 aliphatic rings. The van der Waals surface area contributed by atoms with Crippen molar-refractivity contribution >= 4 is 46.4 Å². The number of fused-ring (bicyclic) bond motifs is 1. The number of hydrogen-bond donors (Lipinski definition) is 4. The van der Waals surface area contributed by atoms with Gasteiger partial charge in [-0.1, -0.05) is 54.7 Å². The minimum absolute atomic E-state index is 0.0546. The molecule has 0 radical (unpaired) electrons. The smallest absolute Gasteiger partial charge is 0.254 e. The van der Waals surface area contributed by atoms with Gasteiger partial charge in [-0.3, -0.25) is 24.0 Å². The third-order valence-electron chi connectivity index (χ3n) is 6.63. The summed E-state index contributed by atoms with van der Waals surface area (Å²) in [4.78, 5) is 43.6. The maximum absolute atomic E-state index is 15.2. The van der Waals surface area contributed by atoms with Crippen LogP contribution in [0.15, 0.2) is 64.9 Å². The van der Waals surface area contributed by atoms with Crippen LogP contribution in [0.4, 0.5) is 15.8 Å². The maximum atomic E-state index is 15.2. The van der Waals surface area contributed by atoms with E-state index in [-0.39, 0.29) is 51.9 Å². The number of hydrogen-bond acceptors (Lipinski definition) is 7. The molecular weight excluding hydrogens is 560 g/mol. The summed E-state index contributed by atoms with van der Waals surface area (Å²) >= 11 is 11.7. The minimum atomic E-state index is -0.912. The summed E-state index contributed by atoms with van der Waals surface area (Å²) < 4.78 is 16.4. The highest BCUT2D eigenvalue weighted by Crippen LogP contribution is 2.35. The van der Waals surface area contributed by atoms with Gasteiger partial charge in [0, 0.05) is 24.2 Å². The monoisotopic (exact) mass is 587 g/mol. The Morgan fingerprint density at radius 3 is 2.65 bits per heavy atom. The summed E-state index contributed by atoms with van der Waals surface area (Å²) in [5.41, 5.74) is 6.13. The first kappa shape index (κ1) is 29.1. The lowest BCUT2D eigenvalue weighted by molar-refractivity contribution is -0.124. The minimum Gasteiger partial charge on any atom is -0.388 e. The highest BCUT2D eigenvalue weighted by atomic mass is 35.5. The number of amides is 2. The predicted octanol–water partition coefficient (Wildman–Crippen LogP) is 4.00. The van der Waals surface area contributed by atoms with Gasteiger partial charge in [0.25, 0.3) is 5.56 Å². The van der Waals surface area contributed by atoms with Crippen LogP contribution in [0.2, 0.25) is 5.02 Å². The molecular formula is C27H28Cl2FN7O3. The number of nitrogens with two attached hydrogens (primary N) is 2. The average molecular weight is 588 g/mol. The van der Waals surface area contributed by atoms with Gasteiger partial charge in [0.2, 0.25) is 11.8 Å². The molecule has 0 aliphatic carbocycles. The molecule has 0 fully saturated rings. The van der Waals surface area contributed by atoms with Gasteiger partial charge in [0.15, 0.2) is 5.82 Å². The van der Waals surface area contributed by atoms with Gasteiger partial charge in [-0.2, -0.15) is 0 Å². The first-order valence-electron chi connectivity index (χ1n) is 12.5. The first-order chi connectivity index (χ1) is 19.1. The summed E-state index contributed by atoms with van der Waals surface area (Å²) in [6, 6.07) is 10.1. The number of rotatable bonds is 4. The normalized spacial score (nSPS) is 18.6. The second kappa shape index (κ2) is 12.5. The molecule has 2 atom stereocenters. The lowest BCUT2D eigenvalue weighted by Crippen LogP contribution is -2.37. The molecule has 0 saturated carbocycles. The van der Waals surface area contributed by atoms with Crippen molar-refractivity contribution < 1.29 is 14.0 Å². The molecule has 1 aliphatic heterocycles. The summed E-state index contributed by atoms with van der Waals surface area (Å²) in [5.74, 6) is 4.30. The van der Waals surface area contributed by atoms with Gasteiger partial charge in [-0.05, 0) is 36.6 Å². The van der Waals surface area contributed by atoms with E-state index >= 15 is 4.39 Å². The standard InChI is InChI=1S/C27H28Cl2FN7O3/c1-15-5-4-8-21(27(40)33-12-16-6-2-3-7-18(16)35-26(15)39)36-14-34-19(11-23(36)38)24-20(37(32)13-22(29)31)10-9-17(28)25(24)30/h2-3,6-7,9-11,13-15,21H,4-5,8,12,31-32H2,1H3,(H,33,40)(H,35,39)/b22-13-. The van der Waals surface area contributed by atoms with E-state index in [1.165, 1.54) is 23.0 Å². The molecule has 0 saturated heterocycles. The Hall–Kier alpha value is -3.93. The van der Waals surface area contributed by atoms with Gasteiger partial charge in [0.05, 0.1) is 34.5 Å². The number of hydrazine groups is 1. The molecule has 210 valence electrons. The molecule has 0 bridgehead atoms. The Kier molecular flexibility index (Phi) is 9.08. The van der Waals surface area contributed by atoms with Crippen LogP contribution >= 0.6 is 23.2 Å². The van der Waals surface area contributed by atoms with E-state index in [0.717, 1.165) is 22.8 Å². The number of benzene rings is 2. The van der Waals surface area contributed by atoms with Gasteiger partial charge in [-0.25, -0.2) is 15.2 Å². The van der Waals surface area contributed by atoms with E-state index in [1.54, 1.807) is 24.3 Å². The van der Waals surface area contributed by atoms with Gasteiger partial charge in [0.1, 0.15) is 11.2 Å². The number of halogens is 3. The zero-order valence-electron chi connectivity index (χ0n) is 21.5. The molecule has 4 rings (SSSR count). The lowest BCUT2D eigenvalue weighted by Gasteiger charge is -2.23. The van der Waals surface area contributed by atoms with Crippen molar-refractivity contribution in [2.45, 2.75) is 38.8 Å². The Labute approximate surface area is 239 Å². The molecule has 2 heterocycles. The van der Waals surface area contributed by atoms with E-state index in [1.807, 2.05) is 6.92 Å². The molecule has 0 spiro atoms. The molecule has 1 aromatic heterocycles. The van der Waals surface area contributed by atoms with Crippen LogP contribution in [0.25, 0.3) is 11.3 Å². The highest BCUT2D eigenvalue weighted by molar-refractivity contribution is 6.31. The topological polar surface area (TPSA) is 148 Å². The van der Waals surface area contributed by atoms with E-state index in [4.69, 9.17) is 34.8 Å². The van der Waals surface area contributed by atoms with Crippen LogP contribution in [0.5, 0.6) is 0 Å². The van der Waals surface area contributed by atoms with E-state index in [0.29, 0.717) is 18.5 Å². The molecule has 40 heavy (non-hydrogen) atoms. The van der Waals surface area contributed by atoms with Gasteiger partial charge in [-0.15, -0.1) is 0 Å². The van der Waals surface area contributed by atoms with E-state index in [9.17, 15) is 14.4 Å². The fourth-order valence-corrected chi connectivity index (χ4v) is 4.74. The SMILES string of the molecule is CC1CCCC(n2cnc(-c3c(N(N)/C=C(\N)Cl)ccc(Cl)c3F)cc2=O)C(=O)NCc2ccccc2NC1=O. The fourth-order valence-electron chi connectivity index (χ4n) is 4.48. The summed E-state index contributed by atoms with van der Waals surface area (Å²) in [6.45, 7) is 1.95. The van der Waals surface area contributed by atoms with E-state index in [2.05, 4.69) is 15.6 Å². The second-order valence-corrected chi connectivity index (χ2v) is 10.3. The Morgan fingerprint density at radius 2 is 1.93 bits per heavy atom. The quantitative estimate of drug-likeness (QED) is 0.205. The van der Waals surface area contributed by atoms with Crippen molar-refractivity contribution in [3.05, 3.63) is 86.9 Å². The maximum Gasteiger partial charge on any atom is 0.254 e. The van der Waals surface area contributed by atoms with Gasteiger partial charge >= 0.3 is 0 Å². The number of carbonyl (C=O) groups excluding carboxylic acids is 2.